The Morgan fingerprint density at radius 1 is 0.875 bits per heavy atom. The molecule has 130 valence electrons. The third-order valence-corrected chi connectivity index (χ3v) is 2.82. The van der Waals surface area contributed by atoms with Crippen LogP contribution >= 0.6 is 0 Å². The van der Waals surface area contributed by atoms with E-state index < -0.39 is 40.6 Å². The molecular weight excluding hydrogens is 338 g/mol. The van der Waals surface area contributed by atoms with Gasteiger partial charge in [0, 0.05) is 0 Å². The van der Waals surface area contributed by atoms with E-state index in [-0.39, 0.29) is 17.8 Å². The third-order valence-electron chi connectivity index (χ3n) is 2.82. The fourth-order valence-corrected chi connectivity index (χ4v) is 1.64. The number of carboxylic acid groups (broad SMARTS) is 1. The van der Waals surface area contributed by atoms with Gasteiger partial charge in [0.05, 0.1) is 17.8 Å². The number of carbonyl (C=O) groups is 1. The summed E-state index contributed by atoms with van der Waals surface area (Å²) < 4.78 is 76.7. The summed E-state index contributed by atoms with van der Waals surface area (Å²) >= 11 is 0. The summed E-state index contributed by atoms with van der Waals surface area (Å²) in [7, 11) is 0. The van der Waals surface area contributed by atoms with Crippen molar-refractivity contribution < 1.29 is 36.2 Å². The molecule has 0 unspecified atom stereocenters. The van der Waals surface area contributed by atoms with Gasteiger partial charge < -0.3 is 5.11 Å². The highest BCUT2D eigenvalue weighted by Gasteiger charge is 2.26. The Kier molecular flexibility index (Phi) is 6.82. The van der Waals surface area contributed by atoms with E-state index in [0.29, 0.717) is 6.42 Å². The van der Waals surface area contributed by atoms with Crippen molar-refractivity contribution in [3.05, 3.63) is 58.9 Å². The van der Waals surface area contributed by atoms with E-state index in [0.717, 1.165) is 24.3 Å². The van der Waals surface area contributed by atoms with Crippen molar-refractivity contribution in [2.75, 3.05) is 6.67 Å². The van der Waals surface area contributed by atoms with Crippen molar-refractivity contribution >= 4 is 5.97 Å². The van der Waals surface area contributed by atoms with Gasteiger partial charge in [0.1, 0.15) is 0 Å². The quantitative estimate of drug-likeness (QED) is 0.474. The van der Waals surface area contributed by atoms with Crippen molar-refractivity contribution in [3.63, 3.8) is 0 Å². The molecule has 0 spiro atoms. The smallest absolute Gasteiger partial charge is 0.335 e. The minimum atomic E-state index is -2.24. The van der Waals surface area contributed by atoms with Crippen LogP contribution in [0.25, 0.3) is 11.1 Å². The number of aromatic carboxylic acids is 1. The van der Waals surface area contributed by atoms with Crippen LogP contribution in [0.4, 0.5) is 26.3 Å². The van der Waals surface area contributed by atoms with Gasteiger partial charge in [-0.2, -0.15) is 0 Å². The van der Waals surface area contributed by atoms with Crippen LogP contribution in [0, 0.1) is 29.1 Å². The largest absolute Gasteiger partial charge is 0.478 e. The zero-order chi connectivity index (χ0) is 18.4. The maximum atomic E-state index is 13.5. The van der Waals surface area contributed by atoms with E-state index in [4.69, 9.17) is 5.11 Å². The lowest BCUT2D eigenvalue weighted by atomic mass is 10.0. The number of benzene rings is 2. The minimum absolute atomic E-state index is 0.181. The molecule has 0 aliphatic carbocycles. The summed E-state index contributed by atoms with van der Waals surface area (Å²) in [6.45, 7) is 1.62. The number of rotatable bonds is 3. The number of alkyl halides is 1. The number of hydrogen-bond donors (Lipinski definition) is 1. The van der Waals surface area contributed by atoms with Crippen LogP contribution in [-0.2, 0) is 0 Å². The predicted octanol–water partition coefficient (Wildman–Crippen LogP) is 5.11. The minimum Gasteiger partial charge on any atom is -0.478 e. The highest BCUT2D eigenvalue weighted by Crippen LogP contribution is 2.31. The summed E-state index contributed by atoms with van der Waals surface area (Å²) in [5.41, 5.74) is -1.60. The van der Waals surface area contributed by atoms with Crippen molar-refractivity contribution in [2.45, 2.75) is 13.3 Å². The van der Waals surface area contributed by atoms with E-state index in [9.17, 15) is 31.1 Å². The molecule has 0 radical (unpaired) electrons. The van der Waals surface area contributed by atoms with E-state index in [1.54, 1.807) is 6.92 Å². The molecule has 2 nitrogen and oxygen atoms in total. The number of carboxylic acids is 1. The van der Waals surface area contributed by atoms with Crippen molar-refractivity contribution in [2.24, 2.45) is 0 Å². The standard InChI is InChI=1S/C13H5F5O2.C3H7F/c14-8-7(9(15)11(17)12(18)10(8)16)5-1-3-6(4-2-5)13(19)20;1-2-3-4/h1-4H,(H,19,20);2-3H2,1H3. The first-order valence-electron chi connectivity index (χ1n) is 6.67. The average molecular weight is 350 g/mol. The summed E-state index contributed by atoms with van der Waals surface area (Å²) in [5, 5.41) is 8.66. The molecule has 0 aliphatic rings. The molecule has 0 saturated heterocycles. The summed E-state index contributed by atoms with van der Waals surface area (Å²) in [5.74, 6) is -11.6. The topological polar surface area (TPSA) is 37.3 Å². The second-order valence-electron chi connectivity index (χ2n) is 4.52. The van der Waals surface area contributed by atoms with Crippen LogP contribution in [0.15, 0.2) is 24.3 Å². The molecule has 24 heavy (non-hydrogen) atoms. The molecule has 0 aliphatic heterocycles. The van der Waals surface area contributed by atoms with Crippen molar-refractivity contribution in [1.82, 2.24) is 0 Å². The number of hydrogen-bond acceptors (Lipinski definition) is 1. The molecule has 2 aromatic rings. The molecule has 0 fully saturated rings. The highest BCUT2D eigenvalue weighted by atomic mass is 19.2. The Bertz CT molecular complexity index is 697. The normalized spacial score (nSPS) is 10.1. The van der Waals surface area contributed by atoms with Crippen LogP contribution in [0.3, 0.4) is 0 Å². The molecule has 8 heteroatoms. The van der Waals surface area contributed by atoms with E-state index in [2.05, 4.69) is 0 Å². The number of halogens is 6. The first kappa shape index (κ1) is 19.5. The van der Waals surface area contributed by atoms with Gasteiger partial charge in [-0.25, -0.2) is 26.7 Å². The van der Waals surface area contributed by atoms with E-state index in [1.807, 2.05) is 0 Å². The Morgan fingerprint density at radius 3 is 1.58 bits per heavy atom. The zero-order valence-corrected chi connectivity index (χ0v) is 12.3. The van der Waals surface area contributed by atoms with Gasteiger partial charge in [-0.05, 0) is 24.1 Å². The van der Waals surface area contributed by atoms with Crippen LogP contribution in [-0.4, -0.2) is 17.8 Å². The van der Waals surface area contributed by atoms with Gasteiger partial charge in [-0.15, -0.1) is 0 Å². The maximum Gasteiger partial charge on any atom is 0.335 e. The van der Waals surface area contributed by atoms with Crippen LogP contribution in [0.5, 0.6) is 0 Å². The van der Waals surface area contributed by atoms with Gasteiger partial charge >= 0.3 is 5.97 Å². The van der Waals surface area contributed by atoms with Gasteiger partial charge in [-0.3, -0.25) is 4.39 Å². The molecule has 0 amide bonds. The predicted molar refractivity (Wildman–Crippen MR) is 74.9 cm³/mol. The molecule has 2 rings (SSSR count). The highest BCUT2D eigenvalue weighted by molar-refractivity contribution is 5.88. The molecular formula is C16H12F6O2. The summed E-state index contributed by atoms with van der Waals surface area (Å²) in [6, 6.07) is 3.91. The van der Waals surface area contributed by atoms with E-state index in [1.165, 1.54) is 0 Å². The second-order valence-corrected chi connectivity index (χ2v) is 4.52. The molecule has 1 N–H and O–H groups in total. The molecule has 0 heterocycles. The fraction of sp³-hybridized carbons (Fsp3) is 0.188. The third kappa shape index (κ3) is 4.06. The lowest BCUT2D eigenvalue weighted by molar-refractivity contribution is 0.0697. The molecule has 0 aromatic heterocycles. The Hall–Kier alpha value is -2.51. The lowest BCUT2D eigenvalue weighted by Crippen LogP contribution is -2.04. The zero-order valence-electron chi connectivity index (χ0n) is 12.3. The fourth-order valence-electron chi connectivity index (χ4n) is 1.64. The molecule has 0 bridgehead atoms. The Balaban J connectivity index is 0.000000648. The van der Waals surface area contributed by atoms with Gasteiger partial charge in [0.2, 0.25) is 5.82 Å². The van der Waals surface area contributed by atoms with Gasteiger partial charge in [-0.1, -0.05) is 19.1 Å². The van der Waals surface area contributed by atoms with Gasteiger partial charge in [0.25, 0.3) is 0 Å². The van der Waals surface area contributed by atoms with Crippen LogP contribution < -0.4 is 0 Å². The van der Waals surface area contributed by atoms with E-state index >= 15 is 0 Å². The van der Waals surface area contributed by atoms with Crippen molar-refractivity contribution in [3.8, 4) is 11.1 Å². The second kappa shape index (κ2) is 8.37. The van der Waals surface area contributed by atoms with Crippen LogP contribution in [0.1, 0.15) is 23.7 Å². The molecule has 0 atom stereocenters. The Labute approximate surface area is 133 Å². The summed E-state index contributed by atoms with van der Waals surface area (Å²) in [4.78, 5) is 10.6. The van der Waals surface area contributed by atoms with Crippen LogP contribution in [0.2, 0.25) is 0 Å². The average Bonchev–Trinajstić information content (AvgIpc) is 2.59. The summed E-state index contributed by atoms with van der Waals surface area (Å²) in [6.07, 6.45) is 0.653. The molecule has 2 aromatic carbocycles. The maximum absolute atomic E-state index is 13.5. The first-order valence-corrected chi connectivity index (χ1v) is 6.67. The van der Waals surface area contributed by atoms with Gasteiger partial charge in [0.15, 0.2) is 23.3 Å². The first-order chi connectivity index (χ1) is 11.3. The SMILES string of the molecule is CCCF.O=C(O)c1ccc(-c2c(F)c(F)c(F)c(F)c2F)cc1. The van der Waals surface area contributed by atoms with Crippen molar-refractivity contribution in [1.29, 1.82) is 0 Å². The Morgan fingerprint density at radius 2 is 1.25 bits per heavy atom. The molecule has 0 saturated carbocycles. The lowest BCUT2D eigenvalue weighted by Gasteiger charge is -2.08. The monoisotopic (exact) mass is 350 g/mol.